The van der Waals surface area contributed by atoms with E-state index in [0.29, 0.717) is 12.5 Å². The number of carbonyl (C=O) groups is 1. The van der Waals surface area contributed by atoms with Crippen molar-refractivity contribution in [3.05, 3.63) is 77.3 Å². The topological polar surface area (TPSA) is 45.2 Å². The number of fused-ring (bicyclic) bond motifs is 2. The van der Waals surface area contributed by atoms with E-state index in [2.05, 4.69) is 72.9 Å². The summed E-state index contributed by atoms with van der Waals surface area (Å²) in [6, 6.07) is 23.2. The van der Waals surface area contributed by atoms with Gasteiger partial charge in [-0.05, 0) is 48.2 Å². The predicted molar refractivity (Wildman–Crippen MR) is 129 cm³/mol. The molecule has 1 aliphatic heterocycles. The van der Waals surface area contributed by atoms with Crippen molar-refractivity contribution in [2.75, 3.05) is 19.6 Å². The zero-order valence-corrected chi connectivity index (χ0v) is 18.6. The lowest BCUT2D eigenvalue weighted by Crippen LogP contribution is -2.43. The lowest BCUT2D eigenvalue weighted by atomic mass is 9.97. The molecule has 4 nitrogen and oxygen atoms in total. The summed E-state index contributed by atoms with van der Waals surface area (Å²) in [6.45, 7) is 4.12. The van der Waals surface area contributed by atoms with E-state index in [0.717, 1.165) is 31.4 Å². The first-order valence-electron chi connectivity index (χ1n) is 11.0. The van der Waals surface area contributed by atoms with Crippen LogP contribution in [0, 0.1) is 0 Å². The SMILES string of the molecule is C[C@@H](NCC(=O)N1CCC(c2nc3ccccc3s2)CC1)c1cccc2ccccc12. The number of hydrogen-bond donors (Lipinski definition) is 1. The number of aromatic nitrogens is 1. The molecule has 31 heavy (non-hydrogen) atoms. The highest BCUT2D eigenvalue weighted by Gasteiger charge is 2.26. The summed E-state index contributed by atoms with van der Waals surface area (Å²) in [7, 11) is 0. The van der Waals surface area contributed by atoms with Crippen LogP contribution in [0.5, 0.6) is 0 Å². The highest BCUT2D eigenvalue weighted by molar-refractivity contribution is 7.18. The van der Waals surface area contributed by atoms with Crippen molar-refractivity contribution in [3.63, 3.8) is 0 Å². The van der Waals surface area contributed by atoms with Crippen molar-refractivity contribution in [3.8, 4) is 0 Å². The smallest absolute Gasteiger partial charge is 0.236 e. The van der Waals surface area contributed by atoms with E-state index in [1.807, 2.05) is 11.0 Å². The van der Waals surface area contributed by atoms with Gasteiger partial charge in [-0.1, -0.05) is 54.6 Å². The van der Waals surface area contributed by atoms with Crippen molar-refractivity contribution in [2.24, 2.45) is 0 Å². The number of carbonyl (C=O) groups excluding carboxylic acids is 1. The fraction of sp³-hybridized carbons (Fsp3) is 0.308. The molecule has 1 amide bonds. The first kappa shape index (κ1) is 20.2. The zero-order chi connectivity index (χ0) is 21.2. The molecule has 4 aromatic rings. The number of piperidine rings is 1. The molecule has 0 radical (unpaired) electrons. The Morgan fingerprint density at radius 2 is 1.81 bits per heavy atom. The highest BCUT2D eigenvalue weighted by Crippen LogP contribution is 2.33. The van der Waals surface area contributed by atoms with Crippen LogP contribution in [0.2, 0.25) is 0 Å². The molecule has 0 unspecified atom stereocenters. The molecule has 0 saturated carbocycles. The summed E-state index contributed by atoms with van der Waals surface area (Å²) >= 11 is 1.80. The minimum absolute atomic E-state index is 0.121. The van der Waals surface area contributed by atoms with Gasteiger partial charge < -0.3 is 10.2 Å². The number of nitrogens with one attached hydrogen (secondary N) is 1. The predicted octanol–water partition coefficient (Wildman–Crippen LogP) is 5.51. The van der Waals surface area contributed by atoms with Gasteiger partial charge in [0.05, 0.1) is 21.8 Å². The Morgan fingerprint density at radius 1 is 1.06 bits per heavy atom. The second-order valence-electron chi connectivity index (χ2n) is 8.35. The Morgan fingerprint density at radius 3 is 2.65 bits per heavy atom. The summed E-state index contributed by atoms with van der Waals surface area (Å²) in [4.78, 5) is 19.7. The molecule has 1 aliphatic rings. The third kappa shape index (κ3) is 4.21. The van der Waals surface area contributed by atoms with Gasteiger partial charge in [0.15, 0.2) is 0 Å². The van der Waals surface area contributed by atoms with Crippen molar-refractivity contribution in [1.82, 2.24) is 15.2 Å². The largest absolute Gasteiger partial charge is 0.342 e. The van der Waals surface area contributed by atoms with Crippen LogP contribution in [0.1, 0.15) is 42.3 Å². The third-order valence-electron chi connectivity index (χ3n) is 6.36. The Bertz CT molecular complexity index is 1170. The maximum atomic E-state index is 12.8. The first-order chi connectivity index (χ1) is 15.2. The van der Waals surface area contributed by atoms with Crippen LogP contribution in [-0.4, -0.2) is 35.4 Å². The maximum Gasteiger partial charge on any atom is 0.236 e. The molecule has 0 aliphatic carbocycles. The molecule has 1 fully saturated rings. The van der Waals surface area contributed by atoms with E-state index in [1.54, 1.807) is 11.3 Å². The lowest BCUT2D eigenvalue weighted by molar-refractivity contribution is -0.131. The normalized spacial score (nSPS) is 16.1. The van der Waals surface area contributed by atoms with Gasteiger partial charge in [-0.3, -0.25) is 4.79 Å². The second-order valence-corrected chi connectivity index (χ2v) is 9.41. The van der Waals surface area contributed by atoms with Crippen LogP contribution in [0.15, 0.2) is 66.7 Å². The van der Waals surface area contributed by atoms with E-state index in [-0.39, 0.29) is 11.9 Å². The Kier molecular flexibility index (Phi) is 5.70. The minimum Gasteiger partial charge on any atom is -0.342 e. The summed E-state index contributed by atoms with van der Waals surface area (Å²) in [6.07, 6.45) is 1.98. The number of likely N-dealkylation sites (tertiary alicyclic amines) is 1. The molecular formula is C26H27N3OS. The Balaban J connectivity index is 1.17. The molecule has 5 heteroatoms. The van der Waals surface area contributed by atoms with Crippen molar-refractivity contribution < 1.29 is 4.79 Å². The van der Waals surface area contributed by atoms with E-state index in [1.165, 1.54) is 26.0 Å². The lowest BCUT2D eigenvalue weighted by Gasteiger charge is -2.31. The van der Waals surface area contributed by atoms with Gasteiger partial charge in [0.2, 0.25) is 5.91 Å². The molecule has 158 valence electrons. The quantitative estimate of drug-likeness (QED) is 0.455. The van der Waals surface area contributed by atoms with E-state index < -0.39 is 0 Å². The molecule has 2 heterocycles. The standard InChI is InChI=1S/C26H27N3OS/c1-18(21-10-6-8-19-7-2-3-9-22(19)21)27-17-25(30)29-15-13-20(14-16-29)26-28-23-11-4-5-12-24(23)31-26/h2-12,18,20,27H,13-17H2,1H3/t18-/m1/s1. The van der Waals surface area contributed by atoms with Crippen LogP contribution in [-0.2, 0) is 4.79 Å². The number of thiazole rings is 1. The van der Waals surface area contributed by atoms with Crippen molar-refractivity contribution in [1.29, 1.82) is 0 Å². The van der Waals surface area contributed by atoms with Crippen LogP contribution >= 0.6 is 11.3 Å². The maximum absolute atomic E-state index is 12.8. The number of amides is 1. The van der Waals surface area contributed by atoms with Gasteiger partial charge in [0.25, 0.3) is 0 Å². The third-order valence-corrected chi connectivity index (χ3v) is 7.56. The minimum atomic E-state index is 0.121. The Labute approximate surface area is 186 Å². The van der Waals surface area contributed by atoms with Gasteiger partial charge in [-0.15, -0.1) is 11.3 Å². The van der Waals surface area contributed by atoms with Crippen LogP contribution in [0.25, 0.3) is 21.0 Å². The van der Waals surface area contributed by atoms with Gasteiger partial charge in [0.1, 0.15) is 0 Å². The summed E-state index contributed by atoms with van der Waals surface area (Å²) in [5.74, 6) is 0.652. The monoisotopic (exact) mass is 429 g/mol. The zero-order valence-electron chi connectivity index (χ0n) is 17.8. The molecular weight excluding hydrogens is 402 g/mol. The number of rotatable bonds is 5. The van der Waals surface area contributed by atoms with Crippen LogP contribution in [0.3, 0.4) is 0 Å². The van der Waals surface area contributed by atoms with Crippen LogP contribution in [0.4, 0.5) is 0 Å². The average molecular weight is 430 g/mol. The number of nitrogens with zero attached hydrogens (tertiary/aromatic N) is 2. The summed E-state index contributed by atoms with van der Waals surface area (Å²) in [5, 5.41) is 7.14. The molecule has 1 atom stereocenters. The Hall–Kier alpha value is -2.76. The van der Waals surface area contributed by atoms with Gasteiger partial charge >= 0.3 is 0 Å². The number of benzene rings is 3. The van der Waals surface area contributed by atoms with Gasteiger partial charge in [-0.25, -0.2) is 4.98 Å². The summed E-state index contributed by atoms with van der Waals surface area (Å²) < 4.78 is 1.25. The fourth-order valence-corrected chi connectivity index (χ4v) is 5.67. The summed E-state index contributed by atoms with van der Waals surface area (Å²) in [5.41, 5.74) is 2.33. The number of hydrogen-bond acceptors (Lipinski definition) is 4. The molecule has 1 saturated heterocycles. The van der Waals surface area contributed by atoms with Crippen molar-refractivity contribution >= 4 is 38.2 Å². The molecule has 1 N–H and O–H groups in total. The van der Waals surface area contributed by atoms with Crippen molar-refractivity contribution in [2.45, 2.75) is 31.7 Å². The van der Waals surface area contributed by atoms with E-state index >= 15 is 0 Å². The first-order valence-corrected chi connectivity index (χ1v) is 11.8. The molecule has 3 aromatic carbocycles. The highest BCUT2D eigenvalue weighted by atomic mass is 32.1. The second kappa shape index (κ2) is 8.77. The molecule has 0 bridgehead atoms. The number of para-hydroxylation sites is 1. The van der Waals surface area contributed by atoms with Crippen LogP contribution < -0.4 is 5.32 Å². The van der Waals surface area contributed by atoms with Gasteiger partial charge in [0, 0.05) is 25.0 Å². The molecule has 5 rings (SSSR count). The molecule has 0 spiro atoms. The van der Waals surface area contributed by atoms with E-state index in [9.17, 15) is 4.79 Å². The fourth-order valence-electron chi connectivity index (χ4n) is 4.53. The van der Waals surface area contributed by atoms with E-state index in [4.69, 9.17) is 4.98 Å². The van der Waals surface area contributed by atoms with Gasteiger partial charge in [-0.2, -0.15) is 0 Å². The molecule has 1 aromatic heterocycles. The average Bonchev–Trinajstić information content (AvgIpc) is 3.26.